The summed E-state index contributed by atoms with van der Waals surface area (Å²) in [7, 11) is 0. The molecule has 0 unspecified atom stereocenters. The zero-order chi connectivity index (χ0) is 15.4. The van der Waals surface area contributed by atoms with E-state index in [1.807, 2.05) is 48.5 Å². The fourth-order valence-electron chi connectivity index (χ4n) is 2.14. The van der Waals surface area contributed by atoms with Gasteiger partial charge in [0.05, 0.1) is 5.52 Å². The number of aromatic nitrogens is 2. The third kappa shape index (κ3) is 3.17. The Labute approximate surface area is 126 Å². The van der Waals surface area contributed by atoms with Gasteiger partial charge in [0, 0.05) is 17.0 Å². The number of benzene rings is 2. The number of para-hydroxylation sites is 2. The highest BCUT2D eigenvalue weighted by Gasteiger charge is 1.93. The zero-order valence-corrected chi connectivity index (χ0v) is 11.7. The van der Waals surface area contributed by atoms with E-state index >= 15 is 0 Å². The van der Waals surface area contributed by atoms with Gasteiger partial charge in [0.15, 0.2) is 0 Å². The predicted octanol–water partition coefficient (Wildman–Crippen LogP) is 3.90. The van der Waals surface area contributed by atoms with Crippen molar-refractivity contribution < 1.29 is 4.39 Å². The lowest BCUT2D eigenvalue weighted by atomic mass is 10.2. The van der Waals surface area contributed by atoms with Gasteiger partial charge in [-0.1, -0.05) is 36.4 Å². The van der Waals surface area contributed by atoms with Crippen molar-refractivity contribution in [3.63, 3.8) is 0 Å². The van der Waals surface area contributed by atoms with Gasteiger partial charge in [0.1, 0.15) is 0 Å². The van der Waals surface area contributed by atoms with Crippen LogP contribution in [0.3, 0.4) is 0 Å². The molecule has 0 atom stereocenters. The molecule has 4 rings (SSSR count). The second-order valence-corrected chi connectivity index (χ2v) is 4.74. The lowest BCUT2D eigenvalue weighted by Crippen LogP contribution is -2.01. The van der Waals surface area contributed by atoms with E-state index in [4.69, 9.17) is 0 Å². The van der Waals surface area contributed by atoms with E-state index in [2.05, 4.69) is 9.97 Å². The van der Waals surface area contributed by atoms with Crippen LogP contribution in [0.25, 0.3) is 21.8 Å². The number of fused-ring (bicyclic) bond motifs is 2. The maximum Gasteiger partial charge on any atom is 0.248 e. The Morgan fingerprint density at radius 1 is 0.773 bits per heavy atom. The Morgan fingerprint density at radius 2 is 1.45 bits per heavy atom. The number of aromatic amines is 1. The van der Waals surface area contributed by atoms with Gasteiger partial charge in [0.25, 0.3) is 0 Å². The van der Waals surface area contributed by atoms with Crippen molar-refractivity contribution >= 4 is 21.8 Å². The average Bonchev–Trinajstić information content (AvgIpc) is 2.55. The summed E-state index contributed by atoms with van der Waals surface area (Å²) in [4.78, 5) is 17.3. The molecule has 0 aliphatic heterocycles. The van der Waals surface area contributed by atoms with Crippen LogP contribution in [0.1, 0.15) is 0 Å². The van der Waals surface area contributed by atoms with Crippen LogP contribution in [0.5, 0.6) is 0 Å². The molecule has 0 saturated heterocycles. The Bertz CT molecular complexity index is 979. The first-order valence-electron chi connectivity index (χ1n) is 6.82. The number of pyridine rings is 2. The van der Waals surface area contributed by atoms with Gasteiger partial charge in [-0.15, -0.1) is 0 Å². The Hall–Kier alpha value is -3.01. The molecular formula is C18H13FN2O. The molecule has 2 aromatic heterocycles. The van der Waals surface area contributed by atoms with E-state index in [1.165, 1.54) is 12.1 Å². The number of H-pyrrole nitrogens is 1. The van der Waals surface area contributed by atoms with E-state index in [0.29, 0.717) is 5.52 Å². The molecule has 4 aromatic rings. The molecule has 0 aliphatic rings. The lowest BCUT2D eigenvalue weighted by Gasteiger charge is -1.93. The molecule has 0 saturated carbocycles. The van der Waals surface area contributed by atoms with Crippen LogP contribution >= 0.6 is 0 Å². The zero-order valence-electron chi connectivity index (χ0n) is 11.7. The monoisotopic (exact) mass is 292 g/mol. The SMILES string of the molecule is Fc1ccc2ccccc2n1.O=c1ccc2ccccc2[nH]1. The summed E-state index contributed by atoms with van der Waals surface area (Å²) in [5, 5.41) is 2.03. The minimum absolute atomic E-state index is 0.0521. The van der Waals surface area contributed by atoms with Gasteiger partial charge >= 0.3 is 0 Å². The largest absolute Gasteiger partial charge is 0.322 e. The Kier molecular flexibility index (Phi) is 3.92. The van der Waals surface area contributed by atoms with Crippen molar-refractivity contribution in [3.8, 4) is 0 Å². The third-order valence-corrected chi connectivity index (χ3v) is 3.20. The first-order chi connectivity index (χ1) is 10.7. The molecule has 1 N–H and O–H groups in total. The predicted molar refractivity (Wildman–Crippen MR) is 86.3 cm³/mol. The third-order valence-electron chi connectivity index (χ3n) is 3.20. The normalized spacial score (nSPS) is 10.2. The lowest BCUT2D eigenvalue weighted by molar-refractivity contribution is 0.589. The van der Waals surface area contributed by atoms with E-state index < -0.39 is 5.95 Å². The van der Waals surface area contributed by atoms with Gasteiger partial charge in [-0.3, -0.25) is 4.79 Å². The van der Waals surface area contributed by atoms with Crippen LogP contribution < -0.4 is 5.56 Å². The molecule has 4 heteroatoms. The Balaban J connectivity index is 0.000000131. The molecule has 2 aromatic carbocycles. The highest BCUT2D eigenvalue weighted by molar-refractivity contribution is 5.78. The molecule has 22 heavy (non-hydrogen) atoms. The number of hydrogen-bond acceptors (Lipinski definition) is 2. The minimum Gasteiger partial charge on any atom is -0.322 e. The van der Waals surface area contributed by atoms with Crippen LogP contribution in [0.15, 0.2) is 77.6 Å². The number of halogens is 1. The van der Waals surface area contributed by atoms with Crippen molar-refractivity contribution in [1.29, 1.82) is 0 Å². The van der Waals surface area contributed by atoms with Gasteiger partial charge in [-0.2, -0.15) is 4.39 Å². The standard InChI is InChI=1S/C9H6FN.C9H7NO/c10-9-6-5-7-3-1-2-4-8(7)11-9;11-9-6-5-7-3-1-2-4-8(7)10-9/h1-6H;1-6H,(H,10,11). The van der Waals surface area contributed by atoms with Crippen LogP contribution in [0.2, 0.25) is 0 Å². The van der Waals surface area contributed by atoms with E-state index in [-0.39, 0.29) is 5.56 Å². The number of nitrogens with zero attached hydrogens (tertiary/aromatic N) is 1. The number of hydrogen-bond donors (Lipinski definition) is 1. The van der Waals surface area contributed by atoms with Crippen molar-refractivity contribution in [2.75, 3.05) is 0 Å². The summed E-state index contributed by atoms with van der Waals surface area (Å²) < 4.78 is 12.5. The maximum absolute atomic E-state index is 12.5. The molecule has 0 aliphatic carbocycles. The average molecular weight is 292 g/mol. The quantitative estimate of drug-likeness (QED) is 0.500. The van der Waals surface area contributed by atoms with Gasteiger partial charge in [-0.05, 0) is 35.7 Å². The van der Waals surface area contributed by atoms with E-state index in [1.54, 1.807) is 12.1 Å². The smallest absolute Gasteiger partial charge is 0.248 e. The summed E-state index contributed by atoms with van der Waals surface area (Å²) >= 11 is 0. The molecular weight excluding hydrogens is 279 g/mol. The van der Waals surface area contributed by atoms with Gasteiger partial charge < -0.3 is 4.98 Å². The fourth-order valence-corrected chi connectivity index (χ4v) is 2.14. The summed E-state index contributed by atoms with van der Waals surface area (Å²) in [5.74, 6) is -0.427. The highest BCUT2D eigenvalue weighted by atomic mass is 19.1. The maximum atomic E-state index is 12.5. The molecule has 0 amide bonds. The molecule has 0 radical (unpaired) electrons. The Morgan fingerprint density at radius 3 is 2.32 bits per heavy atom. The van der Waals surface area contributed by atoms with Crippen LogP contribution in [-0.4, -0.2) is 9.97 Å². The van der Waals surface area contributed by atoms with Crippen molar-refractivity contribution in [1.82, 2.24) is 9.97 Å². The highest BCUT2D eigenvalue weighted by Crippen LogP contribution is 2.10. The fraction of sp³-hybridized carbons (Fsp3) is 0. The second-order valence-electron chi connectivity index (χ2n) is 4.74. The van der Waals surface area contributed by atoms with Crippen molar-refractivity contribution in [2.24, 2.45) is 0 Å². The first-order valence-corrected chi connectivity index (χ1v) is 6.82. The minimum atomic E-state index is -0.427. The van der Waals surface area contributed by atoms with Gasteiger partial charge in [0.2, 0.25) is 11.5 Å². The number of rotatable bonds is 0. The van der Waals surface area contributed by atoms with Gasteiger partial charge in [-0.25, -0.2) is 4.98 Å². The van der Waals surface area contributed by atoms with Crippen molar-refractivity contribution in [3.05, 3.63) is 89.1 Å². The molecule has 108 valence electrons. The van der Waals surface area contributed by atoms with Crippen LogP contribution in [0, 0.1) is 5.95 Å². The molecule has 0 spiro atoms. The summed E-state index contributed by atoms with van der Waals surface area (Å²) in [6, 6.07) is 21.6. The van der Waals surface area contributed by atoms with Crippen LogP contribution in [0.4, 0.5) is 4.39 Å². The first kappa shape index (κ1) is 13.9. The second kappa shape index (κ2) is 6.18. The summed E-state index contributed by atoms with van der Waals surface area (Å²) in [6.45, 7) is 0. The van der Waals surface area contributed by atoms with E-state index in [0.717, 1.165) is 16.3 Å². The van der Waals surface area contributed by atoms with E-state index in [9.17, 15) is 9.18 Å². The summed E-state index contributed by atoms with van der Waals surface area (Å²) in [6.07, 6.45) is 0. The number of nitrogens with one attached hydrogen (secondary N) is 1. The molecule has 0 fully saturated rings. The molecule has 3 nitrogen and oxygen atoms in total. The molecule has 0 bridgehead atoms. The molecule has 2 heterocycles. The summed E-state index contributed by atoms with van der Waals surface area (Å²) in [5.41, 5.74) is 1.54. The topological polar surface area (TPSA) is 45.8 Å². The van der Waals surface area contributed by atoms with Crippen molar-refractivity contribution in [2.45, 2.75) is 0 Å². The van der Waals surface area contributed by atoms with Crippen LogP contribution in [-0.2, 0) is 0 Å².